The Morgan fingerprint density at radius 3 is 2.58 bits per heavy atom. The highest BCUT2D eigenvalue weighted by Crippen LogP contribution is 2.38. The Labute approximate surface area is 224 Å². The number of aromatic nitrogens is 3. The zero-order chi connectivity index (χ0) is 27.4. The topological polar surface area (TPSA) is 129 Å². The van der Waals surface area contributed by atoms with Crippen molar-refractivity contribution in [3.63, 3.8) is 0 Å². The van der Waals surface area contributed by atoms with Gasteiger partial charge in [-0.15, -0.1) is 0 Å². The number of rotatable bonds is 8. The van der Waals surface area contributed by atoms with Gasteiger partial charge >= 0.3 is 5.97 Å². The Kier molecular flexibility index (Phi) is 8.41. The van der Waals surface area contributed by atoms with Crippen LogP contribution in [0.3, 0.4) is 0 Å². The van der Waals surface area contributed by atoms with Gasteiger partial charge in [0.1, 0.15) is 18.1 Å². The Morgan fingerprint density at radius 2 is 1.95 bits per heavy atom. The summed E-state index contributed by atoms with van der Waals surface area (Å²) < 4.78 is 21.0. The van der Waals surface area contributed by atoms with E-state index in [0.717, 1.165) is 36.8 Å². The molecule has 3 N–H and O–H groups in total. The molecule has 9 nitrogen and oxygen atoms in total. The van der Waals surface area contributed by atoms with Crippen LogP contribution in [0, 0.1) is 18.7 Å². The minimum atomic E-state index is -0.780. The quantitative estimate of drug-likeness (QED) is 0.400. The van der Waals surface area contributed by atoms with Crippen molar-refractivity contribution < 1.29 is 23.5 Å². The van der Waals surface area contributed by atoms with Gasteiger partial charge in [0, 0.05) is 28.7 Å². The summed E-state index contributed by atoms with van der Waals surface area (Å²) in [4.78, 5) is 41.7. The minimum Gasteiger partial charge on any atom is -0.468 e. The molecule has 11 heteroatoms. The molecule has 1 saturated carbocycles. The number of hydrogen-bond donors (Lipinski definition) is 2. The van der Waals surface area contributed by atoms with Crippen molar-refractivity contribution >= 4 is 35.1 Å². The summed E-state index contributed by atoms with van der Waals surface area (Å²) in [6.45, 7) is 1.42. The molecule has 0 radical (unpaired) electrons. The van der Waals surface area contributed by atoms with E-state index in [1.54, 1.807) is 31.3 Å². The molecular weight excluding hydrogens is 513 g/mol. The fraction of sp³-hybridized carbons (Fsp3) is 0.370. The van der Waals surface area contributed by atoms with Gasteiger partial charge in [0.15, 0.2) is 0 Å². The van der Waals surface area contributed by atoms with Gasteiger partial charge in [-0.25, -0.2) is 9.07 Å². The first-order valence-corrected chi connectivity index (χ1v) is 12.7. The van der Waals surface area contributed by atoms with Crippen LogP contribution in [0.25, 0.3) is 11.1 Å². The molecule has 0 spiro atoms. The number of carbonyl (C=O) groups is 3. The highest BCUT2D eigenvalue weighted by Gasteiger charge is 2.34. The highest BCUT2D eigenvalue weighted by molar-refractivity contribution is 6.33. The second kappa shape index (κ2) is 11.7. The van der Waals surface area contributed by atoms with Crippen LogP contribution in [0.15, 0.2) is 36.5 Å². The maximum atomic E-state index is 15.2. The smallest absolute Gasteiger partial charge is 0.327 e. The normalized spacial score (nSPS) is 14.6. The number of nitrogens with one attached hydrogen (secondary N) is 1. The van der Waals surface area contributed by atoms with Gasteiger partial charge < -0.3 is 15.8 Å². The summed E-state index contributed by atoms with van der Waals surface area (Å²) in [5.74, 6) is -3.12. The van der Waals surface area contributed by atoms with E-state index in [4.69, 9.17) is 22.1 Å². The van der Waals surface area contributed by atoms with E-state index in [1.807, 2.05) is 0 Å². The van der Waals surface area contributed by atoms with E-state index in [0.29, 0.717) is 22.0 Å². The standard InChI is InChI=1S/C27H29ClFN5O4/c1-15-24(19(28)10-11-31-15)18-9-8-17(12-20(18)29)32-27(37)25(16-6-4-3-5-7-16)21-13-22(26(30)36)34(33-21)14-23(35)38-2/h8-13,16,25H,3-7,14H2,1-2H3,(H2,30,36)(H,32,37)/t25-/m0/s1. The van der Waals surface area contributed by atoms with Crippen molar-refractivity contribution in [1.82, 2.24) is 14.8 Å². The summed E-state index contributed by atoms with van der Waals surface area (Å²) in [5, 5.41) is 7.59. The van der Waals surface area contributed by atoms with E-state index in [-0.39, 0.29) is 29.4 Å². The van der Waals surface area contributed by atoms with E-state index in [9.17, 15) is 14.4 Å². The van der Waals surface area contributed by atoms with Crippen LogP contribution in [0.5, 0.6) is 0 Å². The largest absolute Gasteiger partial charge is 0.468 e. The number of aryl methyl sites for hydroxylation is 1. The lowest BCUT2D eigenvalue weighted by molar-refractivity contribution is -0.141. The molecule has 1 aliphatic carbocycles. The molecule has 0 unspecified atom stereocenters. The third-order valence-electron chi connectivity index (χ3n) is 6.88. The molecule has 200 valence electrons. The summed E-state index contributed by atoms with van der Waals surface area (Å²) >= 11 is 6.29. The first kappa shape index (κ1) is 27.3. The first-order valence-electron chi connectivity index (χ1n) is 12.4. The number of nitrogens with zero attached hydrogens (tertiary/aromatic N) is 3. The van der Waals surface area contributed by atoms with E-state index in [1.165, 1.54) is 19.2 Å². The number of esters is 1. The van der Waals surface area contributed by atoms with Gasteiger partial charge in [-0.1, -0.05) is 30.9 Å². The Morgan fingerprint density at radius 1 is 1.21 bits per heavy atom. The summed E-state index contributed by atoms with van der Waals surface area (Å²) in [6, 6.07) is 7.42. The van der Waals surface area contributed by atoms with Gasteiger partial charge in [-0.2, -0.15) is 5.10 Å². The third-order valence-corrected chi connectivity index (χ3v) is 7.19. The van der Waals surface area contributed by atoms with Crippen molar-refractivity contribution in [3.8, 4) is 11.1 Å². The predicted octanol–water partition coefficient (Wildman–Crippen LogP) is 4.62. The number of anilines is 1. The number of hydrogen-bond acceptors (Lipinski definition) is 6. The van der Waals surface area contributed by atoms with Crippen LogP contribution >= 0.6 is 11.6 Å². The lowest BCUT2D eigenvalue weighted by Gasteiger charge is -2.28. The van der Waals surface area contributed by atoms with Crippen LogP contribution < -0.4 is 11.1 Å². The molecule has 0 saturated heterocycles. The lowest BCUT2D eigenvalue weighted by Crippen LogP contribution is -2.29. The molecule has 2 amide bonds. The average molecular weight is 542 g/mol. The summed E-state index contributed by atoms with van der Waals surface area (Å²) in [6.07, 6.45) is 6.11. The van der Waals surface area contributed by atoms with Gasteiger partial charge in [0.2, 0.25) is 5.91 Å². The predicted molar refractivity (Wildman–Crippen MR) is 140 cm³/mol. The van der Waals surface area contributed by atoms with E-state index >= 15 is 4.39 Å². The zero-order valence-corrected chi connectivity index (χ0v) is 21.9. The van der Waals surface area contributed by atoms with Gasteiger partial charge in [0.05, 0.1) is 23.7 Å². The van der Waals surface area contributed by atoms with Crippen LogP contribution in [-0.2, 0) is 20.9 Å². The fourth-order valence-corrected chi connectivity index (χ4v) is 5.32. The number of amides is 2. The van der Waals surface area contributed by atoms with Crippen molar-refractivity contribution in [2.45, 2.75) is 51.5 Å². The molecule has 2 heterocycles. The maximum Gasteiger partial charge on any atom is 0.327 e. The minimum absolute atomic E-state index is 0.00174. The first-order chi connectivity index (χ1) is 18.2. The molecule has 0 aliphatic heterocycles. The summed E-state index contributed by atoms with van der Waals surface area (Å²) in [5.41, 5.74) is 7.44. The van der Waals surface area contributed by atoms with Crippen molar-refractivity contribution in [2.75, 3.05) is 12.4 Å². The second-order valence-electron chi connectivity index (χ2n) is 9.37. The third kappa shape index (κ3) is 5.85. The second-order valence-corrected chi connectivity index (χ2v) is 9.77. The molecule has 1 atom stereocenters. The van der Waals surface area contributed by atoms with Crippen LogP contribution in [-0.4, -0.2) is 39.7 Å². The molecule has 1 fully saturated rings. The average Bonchev–Trinajstić information content (AvgIpc) is 3.29. The SMILES string of the molecule is COC(=O)Cn1nc([C@@H](C(=O)Nc2ccc(-c3c(Cl)ccnc3C)c(F)c2)C2CCCCC2)cc1C(N)=O. The van der Waals surface area contributed by atoms with Gasteiger partial charge in [-0.3, -0.25) is 19.4 Å². The number of benzene rings is 1. The van der Waals surface area contributed by atoms with E-state index in [2.05, 4.69) is 15.4 Å². The summed E-state index contributed by atoms with van der Waals surface area (Å²) in [7, 11) is 1.23. The Hall–Kier alpha value is -3.79. The number of pyridine rings is 1. The number of primary amides is 1. The van der Waals surface area contributed by atoms with Gasteiger partial charge in [-0.05, 0) is 56.0 Å². The lowest BCUT2D eigenvalue weighted by atomic mass is 9.78. The van der Waals surface area contributed by atoms with Gasteiger partial charge in [0.25, 0.3) is 5.91 Å². The molecule has 4 rings (SSSR count). The fourth-order valence-electron chi connectivity index (χ4n) is 5.03. The van der Waals surface area contributed by atoms with Crippen LogP contribution in [0.4, 0.5) is 10.1 Å². The van der Waals surface area contributed by atoms with Crippen LogP contribution in [0.1, 0.15) is 59.9 Å². The van der Waals surface area contributed by atoms with Crippen molar-refractivity contribution in [2.24, 2.45) is 11.7 Å². The molecular formula is C27H29ClFN5O4. The Balaban J connectivity index is 1.66. The number of halogens is 2. The zero-order valence-electron chi connectivity index (χ0n) is 21.2. The van der Waals surface area contributed by atoms with Crippen molar-refractivity contribution in [3.05, 3.63) is 64.5 Å². The number of ether oxygens (including phenoxy) is 1. The molecule has 38 heavy (non-hydrogen) atoms. The molecule has 0 bridgehead atoms. The number of nitrogens with two attached hydrogens (primary N) is 1. The highest BCUT2D eigenvalue weighted by atomic mass is 35.5. The molecule has 2 aromatic heterocycles. The van der Waals surface area contributed by atoms with Crippen molar-refractivity contribution in [1.29, 1.82) is 0 Å². The monoisotopic (exact) mass is 541 g/mol. The number of carbonyl (C=O) groups excluding carboxylic acids is 3. The molecule has 1 aromatic carbocycles. The maximum absolute atomic E-state index is 15.2. The molecule has 1 aliphatic rings. The molecule has 3 aromatic rings. The van der Waals surface area contributed by atoms with E-state index < -0.39 is 29.5 Å². The Bertz CT molecular complexity index is 1350. The van der Waals surface area contributed by atoms with Crippen LogP contribution in [0.2, 0.25) is 5.02 Å². The number of methoxy groups -OCH3 is 1.